The van der Waals surface area contributed by atoms with Gasteiger partial charge in [-0.25, -0.2) is 13.2 Å². The van der Waals surface area contributed by atoms with Crippen LogP contribution in [-0.4, -0.2) is 0 Å². The van der Waals surface area contributed by atoms with Gasteiger partial charge in [0, 0.05) is 5.56 Å². The molecule has 0 bridgehead atoms. The number of aryl methyl sites for hydroxylation is 1. The third kappa shape index (κ3) is 2.60. The van der Waals surface area contributed by atoms with E-state index in [1.807, 2.05) is 0 Å². The molecule has 2 rings (SSSR count). The van der Waals surface area contributed by atoms with Crippen molar-refractivity contribution in [1.29, 1.82) is 0 Å². The number of nitrogens with two attached hydrogens (primary N) is 1. The SMILES string of the molecule is Cc1ccc(F)c(C(N)c2ccc(F)c(Cl)c2)c1F. The second kappa shape index (κ2) is 5.23. The van der Waals surface area contributed by atoms with Gasteiger partial charge in [-0.05, 0) is 36.2 Å². The molecule has 0 aliphatic heterocycles. The Balaban J connectivity index is 2.52. The van der Waals surface area contributed by atoms with E-state index in [0.717, 1.165) is 12.1 Å². The van der Waals surface area contributed by atoms with Crippen molar-refractivity contribution in [2.45, 2.75) is 13.0 Å². The fraction of sp³-hybridized carbons (Fsp3) is 0.143. The molecule has 0 aliphatic carbocycles. The fourth-order valence-electron chi connectivity index (χ4n) is 1.84. The normalized spacial score (nSPS) is 12.5. The van der Waals surface area contributed by atoms with Gasteiger partial charge in [-0.1, -0.05) is 23.7 Å². The molecule has 0 spiro atoms. The van der Waals surface area contributed by atoms with Crippen molar-refractivity contribution in [3.8, 4) is 0 Å². The van der Waals surface area contributed by atoms with E-state index in [9.17, 15) is 13.2 Å². The first-order valence-electron chi connectivity index (χ1n) is 5.57. The van der Waals surface area contributed by atoms with Gasteiger partial charge in [-0.2, -0.15) is 0 Å². The van der Waals surface area contributed by atoms with Crippen molar-refractivity contribution in [3.05, 3.63) is 69.5 Å². The van der Waals surface area contributed by atoms with E-state index in [2.05, 4.69) is 0 Å². The minimum Gasteiger partial charge on any atom is -0.320 e. The van der Waals surface area contributed by atoms with Crippen LogP contribution in [0.2, 0.25) is 5.02 Å². The van der Waals surface area contributed by atoms with E-state index in [4.69, 9.17) is 17.3 Å². The highest BCUT2D eigenvalue weighted by molar-refractivity contribution is 6.30. The molecule has 0 aliphatic rings. The minimum absolute atomic E-state index is 0.138. The lowest BCUT2D eigenvalue weighted by atomic mass is 9.97. The Morgan fingerprint density at radius 2 is 1.68 bits per heavy atom. The first-order chi connectivity index (χ1) is 8.91. The summed E-state index contributed by atoms with van der Waals surface area (Å²) in [5.41, 5.74) is 6.23. The van der Waals surface area contributed by atoms with Crippen LogP contribution >= 0.6 is 11.6 Å². The maximum absolute atomic E-state index is 14.0. The summed E-state index contributed by atoms with van der Waals surface area (Å²) in [6.07, 6.45) is 0. The number of hydrogen-bond acceptors (Lipinski definition) is 1. The zero-order chi connectivity index (χ0) is 14.2. The molecule has 0 amide bonds. The van der Waals surface area contributed by atoms with Crippen LogP contribution in [0.5, 0.6) is 0 Å². The molecule has 5 heteroatoms. The Hall–Kier alpha value is -1.52. The molecule has 0 aromatic heterocycles. The Morgan fingerprint density at radius 1 is 1.05 bits per heavy atom. The van der Waals surface area contributed by atoms with Crippen molar-refractivity contribution in [2.24, 2.45) is 5.73 Å². The van der Waals surface area contributed by atoms with E-state index >= 15 is 0 Å². The number of halogens is 4. The summed E-state index contributed by atoms with van der Waals surface area (Å²) in [5.74, 6) is -2.05. The zero-order valence-electron chi connectivity index (χ0n) is 10.1. The molecule has 2 aromatic carbocycles. The largest absolute Gasteiger partial charge is 0.320 e. The maximum atomic E-state index is 14.0. The molecule has 19 heavy (non-hydrogen) atoms. The highest BCUT2D eigenvalue weighted by Crippen LogP contribution is 2.28. The van der Waals surface area contributed by atoms with Crippen LogP contribution in [0.4, 0.5) is 13.2 Å². The van der Waals surface area contributed by atoms with Crippen molar-refractivity contribution in [2.75, 3.05) is 0 Å². The molecular formula is C14H11ClF3N. The molecule has 1 nitrogen and oxygen atoms in total. The first kappa shape index (κ1) is 13.9. The maximum Gasteiger partial charge on any atom is 0.141 e. The van der Waals surface area contributed by atoms with Crippen LogP contribution in [0.1, 0.15) is 22.7 Å². The topological polar surface area (TPSA) is 26.0 Å². The predicted molar refractivity (Wildman–Crippen MR) is 68.5 cm³/mol. The van der Waals surface area contributed by atoms with Gasteiger partial charge < -0.3 is 5.73 Å². The van der Waals surface area contributed by atoms with E-state index in [1.165, 1.54) is 25.1 Å². The van der Waals surface area contributed by atoms with Crippen LogP contribution in [0.3, 0.4) is 0 Å². The number of rotatable bonds is 2. The molecule has 100 valence electrons. The van der Waals surface area contributed by atoms with E-state index in [0.29, 0.717) is 11.1 Å². The number of benzene rings is 2. The van der Waals surface area contributed by atoms with Crippen LogP contribution in [-0.2, 0) is 0 Å². The number of hydrogen-bond donors (Lipinski definition) is 1. The lowest BCUT2D eigenvalue weighted by Crippen LogP contribution is -2.16. The van der Waals surface area contributed by atoms with E-state index < -0.39 is 23.5 Å². The van der Waals surface area contributed by atoms with Crippen molar-refractivity contribution in [3.63, 3.8) is 0 Å². The summed E-state index contributed by atoms with van der Waals surface area (Å²) in [6, 6.07) is 5.17. The third-order valence-electron chi connectivity index (χ3n) is 2.93. The summed E-state index contributed by atoms with van der Waals surface area (Å²) in [6.45, 7) is 1.52. The molecular weight excluding hydrogens is 275 g/mol. The monoisotopic (exact) mass is 285 g/mol. The molecule has 1 atom stereocenters. The average molecular weight is 286 g/mol. The van der Waals surface area contributed by atoms with Gasteiger partial charge in [-0.15, -0.1) is 0 Å². The Bertz CT molecular complexity index is 628. The van der Waals surface area contributed by atoms with Gasteiger partial charge in [0.25, 0.3) is 0 Å². The minimum atomic E-state index is -1.04. The lowest BCUT2D eigenvalue weighted by molar-refractivity contribution is 0.538. The fourth-order valence-corrected chi connectivity index (χ4v) is 2.02. The summed E-state index contributed by atoms with van der Waals surface area (Å²) < 4.78 is 40.7. The zero-order valence-corrected chi connectivity index (χ0v) is 10.8. The molecule has 2 N–H and O–H groups in total. The lowest BCUT2D eigenvalue weighted by Gasteiger charge is -2.16. The summed E-state index contributed by atoms with van der Waals surface area (Å²) in [5, 5.41) is -0.138. The smallest absolute Gasteiger partial charge is 0.141 e. The summed E-state index contributed by atoms with van der Waals surface area (Å²) in [4.78, 5) is 0. The second-order valence-corrected chi connectivity index (χ2v) is 4.65. The van der Waals surface area contributed by atoms with Gasteiger partial charge in [0.1, 0.15) is 17.5 Å². The summed E-state index contributed by atoms with van der Waals surface area (Å²) in [7, 11) is 0. The molecule has 0 fully saturated rings. The first-order valence-corrected chi connectivity index (χ1v) is 5.94. The Kier molecular flexibility index (Phi) is 3.83. The van der Waals surface area contributed by atoms with Gasteiger partial charge in [0.2, 0.25) is 0 Å². The van der Waals surface area contributed by atoms with Crippen LogP contribution in [0.25, 0.3) is 0 Å². The van der Waals surface area contributed by atoms with Crippen LogP contribution < -0.4 is 5.73 Å². The molecule has 0 radical (unpaired) electrons. The third-order valence-corrected chi connectivity index (χ3v) is 3.22. The van der Waals surface area contributed by atoms with Gasteiger partial charge in [0.15, 0.2) is 0 Å². The van der Waals surface area contributed by atoms with Crippen LogP contribution in [0.15, 0.2) is 30.3 Å². The molecule has 0 heterocycles. The van der Waals surface area contributed by atoms with Crippen LogP contribution in [0, 0.1) is 24.4 Å². The highest BCUT2D eigenvalue weighted by atomic mass is 35.5. The van der Waals surface area contributed by atoms with Gasteiger partial charge in [-0.3, -0.25) is 0 Å². The quantitative estimate of drug-likeness (QED) is 0.883. The second-order valence-electron chi connectivity index (χ2n) is 4.24. The Labute approximate surface area is 113 Å². The molecule has 0 saturated carbocycles. The van der Waals surface area contributed by atoms with Crippen molar-refractivity contribution >= 4 is 11.6 Å². The van der Waals surface area contributed by atoms with E-state index in [1.54, 1.807) is 0 Å². The summed E-state index contributed by atoms with van der Waals surface area (Å²) >= 11 is 5.64. The highest BCUT2D eigenvalue weighted by Gasteiger charge is 2.20. The Morgan fingerprint density at radius 3 is 2.32 bits per heavy atom. The van der Waals surface area contributed by atoms with Crippen molar-refractivity contribution < 1.29 is 13.2 Å². The predicted octanol–water partition coefficient (Wildman–Crippen LogP) is 4.11. The average Bonchev–Trinajstić information content (AvgIpc) is 2.37. The molecule has 1 unspecified atom stereocenters. The van der Waals surface area contributed by atoms with E-state index in [-0.39, 0.29) is 10.6 Å². The van der Waals surface area contributed by atoms with Gasteiger partial charge in [0.05, 0.1) is 11.1 Å². The van der Waals surface area contributed by atoms with Crippen molar-refractivity contribution in [1.82, 2.24) is 0 Å². The van der Waals surface area contributed by atoms with Gasteiger partial charge >= 0.3 is 0 Å². The standard InChI is InChI=1S/C14H11ClF3N/c1-7-2-4-11(17)12(13(7)18)14(19)8-3-5-10(16)9(15)6-8/h2-6,14H,19H2,1H3. The molecule has 0 saturated heterocycles. The molecule has 2 aromatic rings.